The molecule has 1 aliphatic carbocycles. The second-order valence-electron chi connectivity index (χ2n) is 5.79. The van der Waals surface area contributed by atoms with Crippen LogP contribution in [-0.2, 0) is 0 Å². The summed E-state index contributed by atoms with van der Waals surface area (Å²) >= 11 is 0. The fourth-order valence-corrected chi connectivity index (χ4v) is 2.67. The van der Waals surface area contributed by atoms with E-state index in [2.05, 4.69) is 37.1 Å². The van der Waals surface area contributed by atoms with Crippen LogP contribution in [0.25, 0.3) is 0 Å². The molecule has 0 radical (unpaired) electrons. The number of fused-ring (bicyclic) bond motifs is 1. The maximum Gasteiger partial charge on any atom is 0.0635 e. The zero-order valence-corrected chi connectivity index (χ0v) is 9.95. The molecule has 15 heavy (non-hydrogen) atoms. The fourth-order valence-electron chi connectivity index (χ4n) is 2.67. The van der Waals surface area contributed by atoms with E-state index in [-0.39, 0.29) is 0 Å². The molecule has 2 fully saturated rings. The van der Waals surface area contributed by atoms with E-state index in [1.54, 1.807) is 0 Å². The molecular formula is C12H21N3. The Kier molecular flexibility index (Phi) is 2.74. The van der Waals surface area contributed by atoms with Crippen LogP contribution in [0.4, 0.5) is 0 Å². The molecule has 0 aromatic rings. The molecule has 0 spiro atoms. The van der Waals surface area contributed by atoms with Crippen molar-refractivity contribution in [2.75, 3.05) is 19.6 Å². The lowest BCUT2D eigenvalue weighted by atomic mass is 10.1. The maximum absolute atomic E-state index is 8.45. The van der Waals surface area contributed by atoms with Crippen molar-refractivity contribution >= 4 is 0 Å². The number of nitriles is 1. The molecule has 0 amide bonds. The molecule has 1 saturated carbocycles. The first kappa shape index (κ1) is 10.9. The van der Waals surface area contributed by atoms with Crippen LogP contribution in [-0.4, -0.2) is 36.1 Å². The molecule has 2 rings (SSSR count). The van der Waals surface area contributed by atoms with E-state index in [0.29, 0.717) is 18.0 Å². The molecule has 0 aromatic heterocycles. The van der Waals surface area contributed by atoms with Gasteiger partial charge in [-0.05, 0) is 32.6 Å². The molecule has 84 valence electrons. The third-order valence-electron chi connectivity index (χ3n) is 3.76. The number of nitrogens with one attached hydrogen (secondary N) is 1. The fraction of sp³-hybridized carbons (Fsp3) is 0.917. The average molecular weight is 207 g/mol. The van der Waals surface area contributed by atoms with Crippen LogP contribution in [0.3, 0.4) is 0 Å². The second kappa shape index (κ2) is 3.77. The van der Waals surface area contributed by atoms with Crippen molar-refractivity contribution in [2.24, 2.45) is 11.8 Å². The molecular weight excluding hydrogens is 186 g/mol. The van der Waals surface area contributed by atoms with Crippen molar-refractivity contribution in [3.05, 3.63) is 0 Å². The van der Waals surface area contributed by atoms with Gasteiger partial charge in [0, 0.05) is 37.6 Å². The summed E-state index contributed by atoms with van der Waals surface area (Å²) in [5.41, 5.74) is 0.324. The zero-order chi connectivity index (χ0) is 11.1. The van der Waals surface area contributed by atoms with Crippen LogP contribution in [0.2, 0.25) is 0 Å². The van der Waals surface area contributed by atoms with Crippen LogP contribution >= 0.6 is 0 Å². The Hall–Kier alpha value is -0.590. The number of hydrogen-bond acceptors (Lipinski definition) is 3. The molecule has 0 bridgehead atoms. The largest absolute Gasteiger partial charge is 0.312 e. The minimum Gasteiger partial charge on any atom is -0.312 e. The first-order valence-electron chi connectivity index (χ1n) is 5.89. The van der Waals surface area contributed by atoms with E-state index in [1.165, 1.54) is 13.1 Å². The van der Waals surface area contributed by atoms with E-state index in [9.17, 15) is 0 Å². The van der Waals surface area contributed by atoms with Gasteiger partial charge in [0.05, 0.1) is 6.07 Å². The Labute approximate surface area is 92.4 Å². The SMILES string of the molecule is CC(C)(C)N1CC2C(C1)C2NCCC#N. The molecule has 3 nitrogen and oxygen atoms in total. The molecule has 3 heteroatoms. The highest BCUT2D eigenvalue weighted by molar-refractivity contribution is 5.11. The number of rotatable bonds is 3. The Bertz CT molecular complexity index is 262. The van der Waals surface area contributed by atoms with Gasteiger partial charge in [0.25, 0.3) is 0 Å². The van der Waals surface area contributed by atoms with E-state index in [4.69, 9.17) is 5.26 Å². The number of nitrogens with zero attached hydrogens (tertiary/aromatic N) is 2. The zero-order valence-electron chi connectivity index (χ0n) is 9.95. The Balaban J connectivity index is 1.72. The highest BCUT2D eigenvalue weighted by atomic mass is 15.3. The maximum atomic E-state index is 8.45. The molecule has 1 N–H and O–H groups in total. The van der Waals surface area contributed by atoms with Gasteiger partial charge in [0.15, 0.2) is 0 Å². The summed E-state index contributed by atoms with van der Waals surface area (Å²) in [4.78, 5) is 2.57. The lowest BCUT2D eigenvalue weighted by Crippen LogP contribution is -2.43. The summed E-state index contributed by atoms with van der Waals surface area (Å²) in [6, 6.07) is 2.88. The Morgan fingerprint density at radius 2 is 1.93 bits per heavy atom. The molecule has 1 heterocycles. The van der Waals surface area contributed by atoms with Gasteiger partial charge >= 0.3 is 0 Å². The number of piperidine rings is 1. The van der Waals surface area contributed by atoms with Gasteiger partial charge in [-0.2, -0.15) is 5.26 Å². The summed E-state index contributed by atoms with van der Waals surface area (Å²) in [5, 5.41) is 11.9. The van der Waals surface area contributed by atoms with Crippen molar-refractivity contribution in [3.8, 4) is 6.07 Å². The van der Waals surface area contributed by atoms with Gasteiger partial charge in [-0.1, -0.05) is 0 Å². The highest BCUT2D eigenvalue weighted by Crippen LogP contribution is 2.47. The smallest absolute Gasteiger partial charge is 0.0635 e. The predicted octanol–water partition coefficient (Wildman–Crippen LogP) is 1.22. The van der Waals surface area contributed by atoms with Gasteiger partial charge in [-0.25, -0.2) is 0 Å². The topological polar surface area (TPSA) is 39.1 Å². The summed E-state index contributed by atoms with van der Waals surface area (Å²) in [7, 11) is 0. The second-order valence-corrected chi connectivity index (χ2v) is 5.79. The summed E-state index contributed by atoms with van der Waals surface area (Å²) in [6.45, 7) is 10.2. The van der Waals surface area contributed by atoms with Crippen LogP contribution in [0.1, 0.15) is 27.2 Å². The first-order chi connectivity index (χ1) is 7.04. The van der Waals surface area contributed by atoms with Crippen molar-refractivity contribution in [3.63, 3.8) is 0 Å². The average Bonchev–Trinajstić information content (AvgIpc) is 2.60. The van der Waals surface area contributed by atoms with Gasteiger partial charge in [-0.3, -0.25) is 4.90 Å². The van der Waals surface area contributed by atoms with E-state index in [0.717, 1.165) is 18.4 Å². The van der Waals surface area contributed by atoms with Gasteiger partial charge in [-0.15, -0.1) is 0 Å². The van der Waals surface area contributed by atoms with Gasteiger partial charge in [0.2, 0.25) is 0 Å². The van der Waals surface area contributed by atoms with Crippen molar-refractivity contribution in [1.82, 2.24) is 10.2 Å². The van der Waals surface area contributed by atoms with E-state index >= 15 is 0 Å². The lowest BCUT2D eigenvalue weighted by molar-refractivity contribution is 0.150. The minimum absolute atomic E-state index is 0.324. The molecule has 2 aliphatic rings. The molecule has 1 saturated heterocycles. The van der Waals surface area contributed by atoms with Gasteiger partial charge in [0.1, 0.15) is 0 Å². The normalized spacial score (nSPS) is 34.9. The number of hydrogen-bond donors (Lipinski definition) is 1. The Morgan fingerprint density at radius 3 is 2.40 bits per heavy atom. The third kappa shape index (κ3) is 2.16. The highest BCUT2D eigenvalue weighted by Gasteiger charge is 2.56. The molecule has 2 unspecified atom stereocenters. The quantitative estimate of drug-likeness (QED) is 0.707. The van der Waals surface area contributed by atoms with Crippen molar-refractivity contribution in [1.29, 1.82) is 5.26 Å². The molecule has 2 atom stereocenters. The van der Waals surface area contributed by atoms with Gasteiger partial charge < -0.3 is 5.32 Å². The van der Waals surface area contributed by atoms with Crippen molar-refractivity contribution in [2.45, 2.75) is 38.8 Å². The minimum atomic E-state index is 0.324. The standard InChI is InChI=1S/C12H21N3/c1-12(2,3)15-7-9-10(8-15)11(9)14-6-4-5-13/h9-11,14H,4,6-8H2,1-3H3. The van der Waals surface area contributed by atoms with Crippen LogP contribution in [0, 0.1) is 23.2 Å². The summed E-state index contributed by atoms with van der Waals surface area (Å²) in [6.07, 6.45) is 0.638. The van der Waals surface area contributed by atoms with Crippen LogP contribution in [0.5, 0.6) is 0 Å². The number of likely N-dealkylation sites (tertiary alicyclic amines) is 1. The van der Waals surface area contributed by atoms with Crippen LogP contribution in [0.15, 0.2) is 0 Å². The lowest BCUT2D eigenvalue weighted by Gasteiger charge is -2.33. The van der Waals surface area contributed by atoms with E-state index in [1.807, 2.05) is 0 Å². The summed E-state index contributed by atoms with van der Waals surface area (Å²) in [5.74, 6) is 1.70. The molecule has 1 aliphatic heterocycles. The molecule has 0 aromatic carbocycles. The third-order valence-corrected chi connectivity index (χ3v) is 3.76. The predicted molar refractivity (Wildman–Crippen MR) is 60.3 cm³/mol. The first-order valence-corrected chi connectivity index (χ1v) is 5.89. The van der Waals surface area contributed by atoms with Crippen LogP contribution < -0.4 is 5.32 Å². The summed E-state index contributed by atoms with van der Waals surface area (Å²) < 4.78 is 0. The monoisotopic (exact) mass is 207 g/mol. The Morgan fingerprint density at radius 1 is 1.33 bits per heavy atom. The van der Waals surface area contributed by atoms with Crippen molar-refractivity contribution < 1.29 is 0 Å². The van der Waals surface area contributed by atoms with E-state index < -0.39 is 0 Å².